The third kappa shape index (κ3) is 5.07. The third-order valence-corrected chi connectivity index (χ3v) is 3.60. The second-order valence-electron chi connectivity index (χ2n) is 5.46. The largest absolute Gasteiger partial charge is 0.467 e. The Hall–Kier alpha value is -3.35. The number of carbonyl (C=O) groups excluding carboxylic acids is 2. The summed E-state index contributed by atoms with van der Waals surface area (Å²) in [4.78, 5) is 40.8. The van der Waals surface area contributed by atoms with Gasteiger partial charge in [0.25, 0.3) is 5.91 Å². The van der Waals surface area contributed by atoms with E-state index in [0.717, 1.165) is 0 Å². The van der Waals surface area contributed by atoms with Gasteiger partial charge < -0.3 is 20.0 Å². The summed E-state index contributed by atoms with van der Waals surface area (Å²) in [6, 6.07) is 3.94. The molecule has 0 aliphatic rings. The molecule has 1 heterocycles. The maximum Gasteiger partial charge on any atom is 0.328 e. The Bertz CT molecular complexity index is 918. The first-order valence-corrected chi connectivity index (χ1v) is 8.10. The summed E-state index contributed by atoms with van der Waals surface area (Å²) in [6.45, 7) is 1.91. The molecule has 0 aliphatic heterocycles. The van der Waals surface area contributed by atoms with Gasteiger partial charge >= 0.3 is 11.7 Å². The zero-order valence-corrected chi connectivity index (χ0v) is 14.6. The van der Waals surface area contributed by atoms with Crippen molar-refractivity contribution in [2.75, 3.05) is 7.11 Å². The monoisotopic (exact) mass is 355 g/mol. The van der Waals surface area contributed by atoms with Crippen molar-refractivity contribution in [1.82, 2.24) is 15.3 Å². The predicted octanol–water partition coefficient (Wildman–Crippen LogP) is 2.21. The molecule has 0 spiro atoms. The molecule has 0 aliphatic carbocycles. The van der Waals surface area contributed by atoms with E-state index in [2.05, 4.69) is 15.3 Å². The second-order valence-corrected chi connectivity index (χ2v) is 5.46. The first-order chi connectivity index (χ1) is 12.5. The number of aromatic nitrogens is 2. The van der Waals surface area contributed by atoms with Gasteiger partial charge in [-0.1, -0.05) is 36.5 Å². The number of H-pyrrole nitrogens is 2. The van der Waals surface area contributed by atoms with E-state index < -0.39 is 17.9 Å². The summed E-state index contributed by atoms with van der Waals surface area (Å²) in [6.07, 6.45) is 11.3. The molecule has 0 saturated carbocycles. The van der Waals surface area contributed by atoms with Crippen LogP contribution in [0.4, 0.5) is 0 Å². The summed E-state index contributed by atoms with van der Waals surface area (Å²) >= 11 is 0. The van der Waals surface area contributed by atoms with Crippen molar-refractivity contribution in [2.45, 2.75) is 19.4 Å². The quantitative estimate of drug-likeness (QED) is 0.523. The van der Waals surface area contributed by atoms with E-state index in [1.165, 1.54) is 7.11 Å². The number of ether oxygens (including phenoxy) is 1. The standard InChI is InChI=1S/C19H21N3O4/c1-3-4-5-6-7-8-9-15(18(24)26-2)20-17(23)13-10-11-14-16(12-13)22-19(25)21-14/h3-8,10-12,15H,9H2,1-2H3,(H,20,23)(H2,21,22,25)/b4-3-,6-5-,8-7+. The lowest BCUT2D eigenvalue weighted by molar-refractivity contribution is -0.142. The van der Waals surface area contributed by atoms with Gasteiger partial charge in [0, 0.05) is 5.56 Å². The normalized spacial score (nSPS) is 13.0. The number of methoxy groups -OCH3 is 1. The number of hydrogen-bond acceptors (Lipinski definition) is 4. The number of aromatic amines is 2. The molecule has 1 atom stereocenters. The maximum atomic E-state index is 12.4. The molecule has 136 valence electrons. The number of benzene rings is 1. The molecule has 1 aromatic carbocycles. The fourth-order valence-corrected chi connectivity index (χ4v) is 2.30. The Balaban J connectivity index is 2.09. The molecule has 0 fully saturated rings. The van der Waals surface area contributed by atoms with E-state index in [1.807, 2.05) is 31.2 Å². The minimum Gasteiger partial charge on any atom is -0.467 e. The van der Waals surface area contributed by atoms with Gasteiger partial charge in [0.05, 0.1) is 18.1 Å². The van der Waals surface area contributed by atoms with E-state index in [1.54, 1.807) is 30.4 Å². The Morgan fingerprint density at radius 3 is 2.62 bits per heavy atom. The van der Waals surface area contributed by atoms with E-state index in [0.29, 0.717) is 23.0 Å². The van der Waals surface area contributed by atoms with Crippen molar-refractivity contribution < 1.29 is 14.3 Å². The van der Waals surface area contributed by atoms with Crippen LogP contribution >= 0.6 is 0 Å². The van der Waals surface area contributed by atoms with Gasteiger partial charge in [0.2, 0.25) is 0 Å². The van der Waals surface area contributed by atoms with Crippen LogP contribution in [-0.2, 0) is 9.53 Å². The van der Waals surface area contributed by atoms with Crippen LogP contribution in [0.25, 0.3) is 11.0 Å². The number of hydrogen-bond donors (Lipinski definition) is 3. The van der Waals surface area contributed by atoms with Gasteiger partial charge in [-0.05, 0) is 31.5 Å². The molecule has 2 rings (SSSR count). The van der Waals surface area contributed by atoms with Gasteiger partial charge in [-0.2, -0.15) is 0 Å². The van der Waals surface area contributed by atoms with E-state index in [-0.39, 0.29) is 5.69 Å². The predicted molar refractivity (Wildman–Crippen MR) is 99.9 cm³/mol. The number of fused-ring (bicyclic) bond motifs is 1. The summed E-state index contributed by atoms with van der Waals surface area (Å²) < 4.78 is 4.75. The minimum atomic E-state index is -0.806. The van der Waals surface area contributed by atoms with Crippen LogP contribution in [0.15, 0.2) is 59.4 Å². The number of amides is 1. The van der Waals surface area contributed by atoms with Crippen LogP contribution in [0, 0.1) is 0 Å². The van der Waals surface area contributed by atoms with Crippen molar-refractivity contribution in [1.29, 1.82) is 0 Å². The lowest BCUT2D eigenvalue weighted by atomic mass is 10.1. The average molecular weight is 355 g/mol. The minimum absolute atomic E-state index is 0.293. The van der Waals surface area contributed by atoms with Gasteiger partial charge in [-0.25, -0.2) is 9.59 Å². The van der Waals surface area contributed by atoms with Crippen molar-refractivity contribution in [3.63, 3.8) is 0 Å². The molecule has 2 aromatic rings. The van der Waals surface area contributed by atoms with Crippen LogP contribution in [0.3, 0.4) is 0 Å². The average Bonchev–Trinajstić information content (AvgIpc) is 3.01. The van der Waals surface area contributed by atoms with Crippen LogP contribution in [0.1, 0.15) is 23.7 Å². The van der Waals surface area contributed by atoms with Crippen LogP contribution < -0.4 is 11.0 Å². The number of allylic oxidation sites excluding steroid dienone is 5. The summed E-state index contributed by atoms with van der Waals surface area (Å²) in [7, 11) is 1.27. The van der Waals surface area contributed by atoms with Crippen molar-refractivity contribution >= 4 is 22.9 Å². The van der Waals surface area contributed by atoms with Crippen molar-refractivity contribution in [3.05, 3.63) is 70.7 Å². The number of nitrogens with one attached hydrogen (secondary N) is 3. The molecule has 7 heteroatoms. The van der Waals surface area contributed by atoms with Crippen LogP contribution in [0.5, 0.6) is 0 Å². The smallest absolute Gasteiger partial charge is 0.328 e. The summed E-state index contributed by atoms with van der Waals surface area (Å²) in [5, 5.41) is 2.65. The Morgan fingerprint density at radius 2 is 1.88 bits per heavy atom. The number of rotatable bonds is 7. The molecule has 1 amide bonds. The van der Waals surface area contributed by atoms with Crippen LogP contribution in [-0.4, -0.2) is 35.0 Å². The number of carbonyl (C=O) groups is 2. The van der Waals surface area contributed by atoms with E-state index in [9.17, 15) is 14.4 Å². The van der Waals surface area contributed by atoms with Crippen molar-refractivity contribution in [2.24, 2.45) is 0 Å². The highest BCUT2D eigenvalue weighted by Gasteiger charge is 2.21. The molecule has 3 N–H and O–H groups in total. The highest BCUT2D eigenvalue weighted by atomic mass is 16.5. The molecule has 0 saturated heterocycles. The number of imidazole rings is 1. The number of esters is 1. The van der Waals surface area contributed by atoms with Crippen LogP contribution in [0.2, 0.25) is 0 Å². The molecule has 1 unspecified atom stereocenters. The highest BCUT2D eigenvalue weighted by molar-refractivity contribution is 5.99. The summed E-state index contributed by atoms with van der Waals surface area (Å²) in [5.74, 6) is -0.959. The zero-order chi connectivity index (χ0) is 18.9. The Kier molecular flexibility index (Phi) is 6.73. The highest BCUT2D eigenvalue weighted by Crippen LogP contribution is 2.11. The second kappa shape index (κ2) is 9.22. The third-order valence-electron chi connectivity index (χ3n) is 3.60. The lowest BCUT2D eigenvalue weighted by Gasteiger charge is -2.14. The van der Waals surface area contributed by atoms with Gasteiger partial charge in [-0.15, -0.1) is 0 Å². The molecule has 0 radical (unpaired) electrons. The lowest BCUT2D eigenvalue weighted by Crippen LogP contribution is -2.41. The van der Waals surface area contributed by atoms with E-state index >= 15 is 0 Å². The molecule has 0 bridgehead atoms. The first-order valence-electron chi connectivity index (χ1n) is 8.10. The van der Waals surface area contributed by atoms with Gasteiger partial charge in [-0.3, -0.25) is 4.79 Å². The topological polar surface area (TPSA) is 104 Å². The first kappa shape index (κ1) is 19.0. The van der Waals surface area contributed by atoms with E-state index in [4.69, 9.17) is 4.74 Å². The van der Waals surface area contributed by atoms with Gasteiger partial charge in [0.15, 0.2) is 0 Å². The maximum absolute atomic E-state index is 12.4. The Labute approximate surface area is 150 Å². The van der Waals surface area contributed by atoms with Gasteiger partial charge in [0.1, 0.15) is 6.04 Å². The van der Waals surface area contributed by atoms with Crippen molar-refractivity contribution in [3.8, 4) is 0 Å². The molecule has 1 aromatic heterocycles. The molecule has 7 nitrogen and oxygen atoms in total. The fraction of sp³-hybridized carbons (Fsp3) is 0.211. The molecular weight excluding hydrogens is 334 g/mol. The SMILES string of the molecule is C\C=C/C=C\C=C\CC(NC(=O)c1ccc2[nH]c(=O)[nH]c2c1)C(=O)OC. The molecule has 26 heavy (non-hydrogen) atoms. The zero-order valence-electron chi connectivity index (χ0n) is 14.6. The molecular formula is C19H21N3O4. The Morgan fingerprint density at radius 1 is 1.15 bits per heavy atom. The fourth-order valence-electron chi connectivity index (χ4n) is 2.30. The summed E-state index contributed by atoms with van der Waals surface area (Å²) in [5.41, 5.74) is 1.11.